The van der Waals surface area contributed by atoms with Crippen LogP contribution < -0.4 is 0 Å². The lowest BCUT2D eigenvalue weighted by atomic mass is 9.89. The summed E-state index contributed by atoms with van der Waals surface area (Å²) < 4.78 is 0. The molecule has 0 amide bonds. The topological polar surface area (TPSA) is 0 Å². The summed E-state index contributed by atoms with van der Waals surface area (Å²) in [6.45, 7) is 15.9. The Bertz CT molecular complexity index is 202. The first kappa shape index (κ1) is 17.7. The average Bonchev–Trinajstić information content (AvgIpc) is 2.33. The first-order chi connectivity index (χ1) is 8.47. The molecule has 0 aromatic heterocycles. The van der Waals surface area contributed by atoms with Crippen molar-refractivity contribution >= 4 is 0 Å². The van der Waals surface area contributed by atoms with Crippen LogP contribution in [-0.2, 0) is 0 Å². The zero-order valence-corrected chi connectivity index (χ0v) is 13.6. The Morgan fingerprint density at radius 1 is 0.889 bits per heavy atom. The maximum absolute atomic E-state index is 4.27. The average molecular weight is 252 g/mol. The summed E-state index contributed by atoms with van der Waals surface area (Å²) in [5.74, 6) is 2.45. The molecule has 2 unspecified atom stereocenters. The largest absolute Gasteiger partial charge is 0.0996 e. The summed E-state index contributed by atoms with van der Waals surface area (Å²) >= 11 is 0. The highest BCUT2D eigenvalue weighted by Crippen LogP contribution is 2.24. The summed E-state index contributed by atoms with van der Waals surface area (Å²) in [6.07, 6.45) is 10.8. The van der Waals surface area contributed by atoms with Crippen molar-refractivity contribution in [1.82, 2.24) is 0 Å². The van der Waals surface area contributed by atoms with Gasteiger partial charge in [0.1, 0.15) is 0 Å². The molecular formula is C18H36. The van der Waals surface area contributed by atoms with Gasteiger partial charge in [0.15, 0.2) is 0 Å². The Labute approximate surface area is 116 Å². The summed E-state index contributed by atoms with van der Waals surface area (Å²) in [6, 6.07) is 0. The fraction of sp³-hybridized carbons (Fsp3) is 0.889. The molecule has 0 fully saturated rings. The summed E-state index contributed by atoms with van der Waals surface area (Å²) in [5, 5.41) is 0. The van der Waals surface area contributed by atoms with Gasteiger partial charge in [-0.1, -0.05) is 78.9 Å². The minimum absolute atomic E-state index is 0.724. The molecule has 18 heavy (non-hydrogen) atoms. The van der Waals surface area contributed by atoms with Crippen molar-refractivity contribution in [2.24, 2.45) is 17.8 Å². The third kappa shape index (κ3) is 9.74. The van der Waals surface area contributed by atoms with Crippen LogP contribution in [0, 0.1) is 17.8 Å². The SMILES string of the molecule is C=C(CCC(C)C)C(C)CCCC(C)CCCC. The van der Waals surface area contributed by atoms with Crippen molar-refractivity contribution in [2.45, 2.75) is 86.0 Å². The van der Waals surface area contributed by atoms with E-state index >= 15 is 0 Å². The van der Waals surface area contributed by atoms with E-state index in [0.29, 0.717) is 0 Å². The molecule has 0 bridgehead atoms. The highest BCUT2D eigenvalue weighted by molar-refractivity contribution is 4.98. The smallest absolute Gasteiger partial charge is 0.0234 e. The van der Waals surface area contributed by atoms with E-state index in [-0.39, 0.29) is 0 Å². The van der Waals surface area contributed by atoms with Gasteiger partial charge in [-0.25, -0.2) is 0 Å². The van der Waals surface area contributed by atoms with Crippen molar-refractivity contribution in [3.05, 3.63) is 12.2 Å². The molecule has 0 rings (SSSR count). The van der Waals surface area contributed by atoms with Gasteiger partial charge in [-0.15, -0.1) is 0 Å². The first-order valence-electron chi connectivity index (χ1n) is 8.15. The lowest BCUT2D eigenvalue weighted by Crippen LogP contribution is -2.02. The second-order valence-electron chi connectivity index (χ2n) is 6.67. The van der Waals surface area contributed by atoms with Crippen molar-refractivity contribution < 1.29 is 0 Å². The number of hydrogen-bond acceptors (Lipinski definition) is 0. The highest BCUT2D eigenvalue weighted by Gasteiger charge is 2.09. The predicted octanol–water partition coefficient (Wildman–Crippen LogP) is 6.61. The Balaban J connectivity index is 3.62. The van der Waals surface area contributed by atoms with Crippen LogP contribution in [0.15, 0.2) is 12.2 Å². The molecule has 0 aliphatic heterocycles. The molecule has 0 aliphatic carbocycles. The zero-order valence-electron chi connectivity index (χ0n) is 13.6. The quantitative estimate of drug-likeness (QED) is 0.363. The Kier molecular flexibility index (Phi) is 10.5. The Morgan fingerprint density at radius 2 is 1.50 bits per heavy atom. The van der Waals surface area contributed by atoms with Gasteiger partial charge in [0.05, 0.1) is 0 Å². The van der Waals surface area contributed by atoms with E-state index < -0.39 is 0 Å². The zero-order chi connectivity index (χ0) is 14.0. The van der Waals surface area contributed by atoms with Gasteiger partial charge in [-0.05, 0) is 37.0 Å². The van der Waals surface area contributed by atoms with Gasteiger partial charge >= 0.3 is 0 Å². The summed E-state index contributed by atoms with van der Waals surface area (Å²) in [4.78, 5) is 0. The second-order valence-corrected chi connectivity index (χ2v) is 6.67. The van der Waals surface area contributed by atoms with Gasteiger partial charge < -0.3 is 0 Å². The molecule has 108 valence electrons. The molecule has 0 N–H and O–H groups in total. The third-order valence-corrected chi connectivity index (χ3v) is 4.12. The molecule has 0 spiro atoms. The van der Waals surface area contributed by atoms with Crippen LogP contribution >= 0.6 is 0 Å². The van der Waals surface area contributed by atoms with Crippen LogP contribution in [0.5, 0.6) is 0 Å². The molecule has 0 aliphatic rings. The minimum atomic E-state index is 0.724. The monoisotopic (exact) mass is 252 g/mol. The van der Waals surface area contributed by atoms with Crippen LogP contribution in [-0.4, -0.2) is 0 Å². The van der Waals surface area contributed by atoms with E-state index in [1.54, 1.807) is 0 Å². The highest BCUT2D eigenvalue weighted by atomic mass is 14.1. The van der Waals surface area contributed by atoms with E-state index in [9.17, 15) is 0 Å². The maximum atomic E-state index is 4.27. The standard InChI is InChI=1S/C18H36/c1-7-8-10-16(4)11-9-12-17(5)18(6)14-13-15(2)3/h15-17H,6-14H2,1-5H3. The fourth-order valence-electron chi connectivity index (χ4n) is 2.39. The Hall–Kier alpha value is -0.260. The number of rotatable bonds is 11. The van der Waals surface area contributed by atoms with E-state index in [1.165, 1.54) is 56.9 Å². The van der Waals surface area contributed by atoms with Crippen molar-refractivity contribution in [1.29, 1.82) is 0 Å². The van der Waals surface area contributed by atoms with Crippen LogP contribution in [0.1, 0.15) is 86.0 Å². The second kappa shape index (κ2) is 10.6. The summed E-state index contributed by atoms with van der Waals surface area (Å²) in [5.41, 5.74) is 1.48. The third-order valence-electron chi connectivity index (χ3n) is 4.12. The van der Waals surface area contributed by atoms with E-state index in [1.807, 2.05) is 0 Å². The van der Waals surface area contributed by atoms with Crippen LogP contribution in [0.25, 0.3) is 0 Å². The molecule has 0 aromatic carbocycles. The lowest BCUT2D eigenvalue weighted by Gasteiger charge is -2.17. The minimum Gasteiger partial charge on any atom is -0.0996 e. The maximum Gasteiger partial charge on any atom is -0.0234 e. The molecule has 0 saturated heterocycles. The van der Waals surface area contributed by atoms with Crippen molar-refractivity contribution in [2.75, 3.05) is 0 Å². The van der Waals surface area contributed by atoms with Gasteiger partial charge in [0.2, 0.25) is 0 Å². The molecule has 0 nitrogen and oxygen atoms in total. The van der Waals surface area contributed by atoms with E-state index in [0.717, 1.165) is 17.8 Å². The van der Waals surface area contributed by atoms with Crippen molar-refractivity contribution in [3.63, 3.8) is 0 Å². The first-order valence-corrected chi connectivity index (χ1v) is 8.15. The van der Waals surface area contributed by atoms with Gasteiger partial charge in [-0.3, -0.25) is 0 Å². The van der Waals surface area contributed by atoms with Crippen LogP contribution in [0.4, 0.5) is 0 Å². The number of unbranched alkanes of at least 4 members (excludes halogenated alkanes) is 1. The van der Waals surface area contributed by atoms with Gasteiger partial charge in [-0.2, -0.15) is 0 Å². The Morgan fingerprint density at radius 3 is 2.06 bits per heavy atom. The van der Waals surface area contributed by atoms with Gasteiger partial charge in [0, 0.05) is 0 Å². The predicted molar refractivity (Wildman–Crippen MR) is 84.9 cm³/mol. The molecule has 0 heterocycles. The van der Waals surface area contributed by atoms with Crippen LogP contribution in [0.2, 0.25) is 0 Å². The molecular weight excluding hydrogens is 216 g/mol. The fourth-order valence-corrected chi connectivity index (χ4v) is 2.39. The summed E-state index contributed by atoms with van der Waals surface area (Å²) in [7, 11) is 0. The molecule has 0 aromatic rings. The molecule has 0 heteroatoms. The lowest BCUT2D eigenvalue weighted by molar-refractivity contribution is 0.426. The van der Waals surface area contributed by atoms with E-state index in [2.05, 4.69) is 41.2 Å². The molecule has 0 saturated carbocycles. The van der Waals surface area contributed by atoms with E-state index in [4.69, 9.17) is 0 Å². The molecule has 2 atom stereocenters. The van der Waals surface area contributed by atoms with Crippen molar-refractivity contribution in [3.8, 4) is 0 Å². The van der Waals surface area contributed by atoms with Crippen LogP contribution in [0.3, 0.4) is 0 Å². The molecule has 0 radical (unpaired) electrons. The number of allylic oxidation sites excluding steroid dienone is 1. The normalized spacial score (nSPS) is 14.8. The number of hydrogen-bond donors (Lipinski definition) is 0. The van der Waals surface area contributed by atoms with Gasteiger partial charge in [0.25, 0.3) is 0 Å².